The Kier molecular flexibility index (Phi) is 3.88. The first-order chi connectivity index (χ1) is 12.2. The van der Waals surface area contributed by atoms with Crippen LogP contribution in [0.5, 0.6) is 11.5 Å². The van der Waals surface area contributed by atoms with Gasteiger partial charge < -0.3 is 24.2 Å². The van der Waals surface area contributed by atoms with Crippen molar-refractivity contribution in [3.05, 3.63) is 30.5 Å². The molecule has 1 fully saturated rings. The molecule has 1 unspecified atom stereocenters. The third kappa shape index (κ3) is 3.21. The topological polar surface area (TPSA) is 106 Å². The first-order valence-electron chi connectivity index (χ1n) is 7.87. The van der Waals surface area contributed by atoms with Crippen LogP contribution in [-0.2, 0) is 4.79 Å². The molecule has 1 saturated heterocycles. The van der Waals surface area contributed by atoms with Gasteiger partial charge in [0.15, 0.2) is 17.3 Å². The molecule has 25 heavy (non-hydrogen) atoms. The summed E-state index contributed by atoms with van der Waals surface area (Å²) in [5.41, 5.74) is 0.718. The highest BCUT2D eigenvalue weighted by atomic mass is 16.6. The maximum atomic E-state index is 12.3. The molecule has 2 aromatic rings. The lowest BCUT2D eigenvalue weighted by Gasteiger charge is -2.22. The fourth-order valence-corrected chi connectivity index (χ4v) is 2.87. The van der Waals surface area contributed by atoms with Crippen molar-refractivity contribution in [1.29, 1.82) is 0 Å². The largest absolute Gasteiger partial charge is 0.486 e. The minimum Gasteiger partial charge on any atom is -0.486 e. The minimum atomic E-state index is -0.435. The number of amides is 3. The summed E-state index contributed by atoms with van der Waals surface area (Å²) >= 11 is 0. The molecule has 0 aliphatic carbocycles. The van der Waals surface area contributed by atoms with Crippen LogP contribution < -0.4 is 25.0 Å². The van der Waals surface area contributed by atoms with Crippen molar-refractivity contribution >= 4 is 23.4 Å². The van der Waals surface area contributed by atoms with Gasteiger partial charge in [0.05, 0.1) is 6.04 Å². The maximum absolute atomic E-state index is 12.3. The molecule has 9 nitrogen and oxygen atoms in total. The number of nitrogens with one attached hydrogen (secondary N) is 2. The number of nitrogens with zero attached hydrogens (tertiary/aromatic N) is 2. The Morgan fingerprint density at radius 2 is 2.04 bits per heavy atom. The van der Waals surface area contributed by atoms with E-state index >= 15 is 0 Å². The average Bonchev–Trinajstić information content (AvgIpc) is 3.24. The SMILES string of the molecule is O=C(Nc1ccon1)NC1CC(=O)N(c2ccc3c(c2)OCCO3)C1. The van der Waals surface area contributed by atoms with E-state index in [1.807, 2.05) is 6.07 Å². The van der Waals surface area contributed by atoms with Crippen molar-refractivity contribution in [3.8, 4) is 11.5 Å². The van der Waals surface area contributed by atoms with Crippen LogP contribution in [-0.4, -0.2) is 42.9 Å². The molecule has 9 heteroatoms. The van der Waals surface area contributed by atoms with Crippen LogP contribution >= 0.6 is 0 Å². The number of aromatic nitrogens is 1. The van der Waals surface area contributed by atoms with Crippen LogP contribution in [0.3, 0.4) is 0 Å². The first-order valence-corrected chi connectivity index (χ1v) is 7.87. The highest BCUT2D eigenvalue weighted by Crippen LogP contribution is 2.35. The Morgan fingerprint density at radius 3 is 2.84 bits per heavy atom. The van der Waals surface area contributed by atoms with E-state index in [1.165, 1.54) is 12.3 Å². The molecule has 1 atom stereocenters. The van der Waals surface area contributed by atoms with Crippen molar-refractivity contribution in [2.75, 3.05) is 30.0 Å². The predicted molar refractivity (Wildman–Crippen MR) is 86.8 cm³/mol. The van der Waals surface area contributed by atoms with E-state index < -0.39 is 6.03 Å². The Hall–Kier alpha value is -3.23. The number of ether oxygens (including phenoxy) is 2. The molecular formula is C16H16N4O5. The standard InChI is InChI=1S/C16H16N4O5/c21-15-7-10(17-16(22)18-14-3-4-25-19-14)9-20(15)11-1-2-12-13(8-11)24-6-5-23-12/h1-4,8,10H,5-7,9H2,(H2,17,18,19,22). The zero-order chi connectivity index (χ0) is 17.2. The van der Waals surface area contributed by atoms with Crippen LogP contribution in [0, 0.1) is 0 Å². The van der Waals surface area contributed by atoms with Gasteiger partial charge in [-0.3, -0.25) is 10.1 Å². The lowest BCUT2D eigenvalue weighted by atomic mass is 10.2. The number of anilines is 2. The van der Waals surface area contributed by atoms with Gasteiger partial charge in [-0.15, -0.1) is 0 Å². The Balaban J connectivity index is 1.41. The highest BCUT2D eigenvalue weighted by molar-refractivity contribution is 5.97. The molecule has 0 spiro atoms. The van der Waals surface area contributed by atoms with Crippen molar-refractivity contribution in [3.63, 3.8) is 0 Å². The van der Waals surface area contributed by atoms with Crippen LogP contribution in [0.15, 0.2) is 35.1 Å². The molecule has 2 aliphatic rings. The van der Waals surface area contributed by atoms with Gasteiger partial charge in [0.1, 0.15) is 19.5 Å². The quantitative estimate of drug-likeness (QED) is 0.871. The lowest BCUT2D eigenvalue weighted by Crippen LogP contribution is -2.39. The van der Waals surface area contributed by atoms with E-state index in [1.54, 1.807) is 17.0 Å². The van der Waals surface area contributed by atoms with E-state index in [4.69, 9.17) is 9.47 Å². The van der Waals surface area contributed by atoms with E-state index in [-0.39, 0.29) is 18.4 Å². The number of fused-ring (bicyclic) bond motifs is 1. The maximum Gasteiger partial charge on any atom is 0.320 e. The molecule has 2 aliphatic heterocycles. The van der Waals surface area contributed by atoms with E-state index in [2.05, 4.69) is 20.3 Å². The average molecular weight is 344 g/mol. The number of benzene rings is 1. The number of rotatable bonds is 3. The Bertz CT molecular complexity index is 792. The van der Waals surface area contributed by atoms with Crippen LogP contribution in [0.4, 0.5) is 16.3 Å². The van der Waals surface area contributed by atoms with Gasteiger partial charge in [0, 0.05) is 30.8 Å². The second-order valence-corrected chi connectivity index (χ2v) is 5.72. The van der Waals surface area contributed by atoms with Gasteiger partial charge in [-0.1, -0.05) is 5.16 Å². The van der Waals surface area contributed by atoms with Gasteiger partial charge in [-0.25, -0.2) is 4.79 Å². The zero-order valence-corrected chi connectivity index (χ0v) is 13.2. The van der Waals surface area contributed by atoms with E-state index in [0.29, 0.717) is 37.1 Å². The fraction of sp³-hybridized carbons (Fsp3) is 0.312. The first kappa shape index (κ1) is 15.3. The third-order valence-corrected chi connectivity index (χ3v) is 3.98. The summed E-state index contributed by atoms with van der Waals surface area (Å²) in [5, 5.41) is 8.90. The smallest absolute Gasteiger partial charge is 0.320 e. The molecule has 3 heterocycles. The zero-order valence-electron chi connectivity index (χ0n) is 13.2. The van der Waals surface area contributed by atoms with Crippen molar-refractivity contribution in [2.45, 2.75) is 12.5 Å². The molecule has 2 N–H and O–H groups in total. The van der Waals surface area contributed by atoms with Crippen LogP contribution in [0.2, 0.25) is 0 Å². The number of hydrogen-bond donors (Lipinski definition) is 2. The van der Waals surface area contributed by atoms with Crippen LogP contribution in [0.1, 0.15) is 6.42 Å². The summed E-state index contributed by atoms with van der Waals surface area (Å²) < 4.78 is 15.7. The fourth-order valence-electron chi connectivity index (χ4n) is 2.87. The van der Waals surface area contributed by atoms with Crippen molar-refractivity contribution in [2.24, 2.45) is 0 Å². The van der Waals surface area contributed by atoms with Gasteiger partial charge >= 0.3 is 6.03 Å². The number of urea groups is 1. The number of carbonyl (C=O) groups excluding carboxylic acids is 2. The summed E-state index contributed by atoms with van der Waals surface area (Å²) in [7, 11) is 0. The van der Waals surface area contributed by atoms with Gasteiger partial charge in [-0.05, 0) is 12.1 Å². The molecule has 4 rings (SSSR count). The summed E-state index contributed by atoms with van der Waals surface area (Å²) in [6.07, 6.45) is 1.58. The summed E-state index contributed by atoms with van der Waals surface area (Å²) in [5.74, 6) is 1.54. The monoisotopic (exact) mass is 344 g/mol. The van der Waals surface area contributed by atoms with Crippen molar-refractivity contribution < 1.29 is 23.6 Å². The second kappa shape index (κ2) is 6.34. The predicted octanol–water partition coefficient (Wildman–Crippen LogP) is 1.37. The van der Waals surface area contributed by atoms with Crippen LogP contribution in [0.25, 0.3) is 0 Å². The summed E-state index contributed by atoms with van der Waals surface area (Å²) in [4.78, 5) is 25.9. The van der Waals surface area contributed by atoms with E-state index in [9.17, 15) is 9.59 Å². The molecule has 1 aromatic carbocycles. The molecule has 0 bridgehead atoms. The second-order valence-electron chi connectivity index (χ2n) is 5.72. The van der Waals surface area contributed by atoms with Crippen molar-refractivity contribution in [1.82, 2.24) is 10.5 Å². The van der Waals surface area contributed by atoms with Gasteiger partial charge in [-0.2, -0.15) is 0 Å². The minimum absolute atomic E-state index is 0.0663. The molecule has 1 aromatic heterocycles. The van der Waals surface area contributed by atoms with Gasteiger partial charge in [0.2, 0.25) is 5.91 Å². The molecule has 130 valence electrons. The summed E-state index contributed by atoms with van der Waals surface area (Å²) in [6.45, 7) is 1.38. The summed E-state index contributed by atoms with van der Waals surface area (Å²) in [6, 6.07) is 6.17. The lowest BCUT2D eigenvalue weighted by molar-refractivity contribution is -0.117. The highest BCUT2D eigenvalue weighted by Gasteiger charge is 2.32. The third-order valence-electron chi connectivity index (χ3n) is 3.98. The molecule has 0 radical (unpaired) electrons. The normalized spacial score (nSPS) is 19.0. The number of hydrogen-bond acceptors (Lipinski definition) is 6. The molecular weight excluding hydrogens is 328 g/mol. The van der Waals surface area contributed by atoms with Gasteiger partial charge in [0.25, 0.3) is 0 Å². The molecule has 3 amide bonds. The Morgan fingerprint density at radius 1 is 1.20 bits per heavy atom. The number of carbonyl (C=O) groups is 2. The molecule has 0 saturated carbocycles. The Labute approximate surface area is 142 Å². The van der Waals surface area contributed by atoms with E-state index in [0.717, 1.165) is 5.69 Å².